The van der Waals surface area contributed by atoms with E-state index >= 15 is 0 Å². The molecule has 2 aromatic rings. The molecule has 0 amide bonds. The van der Waals surface area contributed by atoms with Crippen LogP contribution in [0.15, 0.2) is 21.1 Å². The van der Waals surface area contributed by atoms with Gasteiger partial charge < -0.3 is 10.5 Å². The zero-order valence-electron chi connectivity index (χ0n) is 11.0. The van der Waals surface area contributed by atoms with Crippen molar-refractivity contribution in [3.63, 3.8) is 0 Å². The standard InChI is InChI=1S/C13H15Br2N3O/c1-7-4-9(14)5-10(16)13(7)19-6-11-12(15)8(2)17-18(11)3/h4-5H,6,16H2,1-3H3. The second-order valence-electron chi connectivity index (χ2n) is 4.40. The van der Waals surface area contributed by atoms with Crippen molar-refractivity contribution in [3.05, 3.63) is 38.0 Å². The predicted octanol–water partition coefficient (Wildman–Crippen LogP) is 3.72. The number of hydrogen-bond acceptors (Lipinski definition) is 3. The van der Waals surface area contributed by atoms with Crippen molar-refractivity contribution in [1.29, 1.82) is 0 Å². The van der Waals surface area contributed by atoms with Gasteiger partial charge in [-0.2, -0.15) is 5.10 Å². The molecule has 0 bridgehead atoms. The van der Waals surface area contributed by atoms with Gasteiger partial charge in [-0.25, -0.2) is 0 Å². The van der Waals surface area contributed by atoms with Crippen molar-refractivity contribution in [1.82, 2.24) is 9.78 Å². The van der Waals surface area contributed by atoms with Crippen LogP contribution in [-0.2, 0) is 13.7 Å². The number of nitrogens with zero attached hydrogens (tertiary/aromatic N) is 2. The summed E-state index contributed by atoms with van der Waals surface area (Å²) in [6.45, 7) is 4.34. The summed E-state index contributed by atoms with van der Waals surface area (Å²) >= 11 is 6.93. The second kappa shape index (κ2) is 5.54. The van der Waals surface area contributed by atoms with E-state index < -0.39 is 0 Å². The molecule has 0 unspecified atom stereocenters. The van der Waals surface area contributed by atoms with E-state index in [2.05, 4.69) is 37.0 Å². The Kier molecular flexibility index (Phi) is 4.20. The number of halogens is 2. The maximum Gasteiger partial charge on any atom is 0.145 e. The average Bonchev–Trinajstić information content (AvgIpc) is 2.53. The molecular formula is C13H15Br2N3O. The lowest BCUT2D eigenvalue weighted by molar-refractivity contribution is 0.293. The number of rotatable bonds is 3. The van der Waals surface area contributed by atoms with Crippen LogP contribution in [0.3, 0.4) is 0 Å². The molecule has 102 valence electrons. The highest BCUT2D eigenvalue weighted by molar-refractivity contribution is 9.10. The van der Waals surface area contributed by atoms with Crippen molar-refractivity contribution < 1.29 is 4.74 Å². The van der Waals surface area contributed by atoms with Crippen LogP contribution in [0.4, 0.5) is 5.69 Å². The van der Waals surface area contributed by atoms with Crippen LogP contribution in [0.25, 0.3) is 0 Å². The van der Waals surface area contributed by atoms with Crippen molar-refractivity contribution >= 4 is 37.5 Å². The van der Waals surface area contributed by atoms with E-state index in [1.54, 1.807) is 0 Å². The lowest BCUT2D eigenvalue weighted by atomic mass is 10.2. The first-order valence-corrected chi connectivity index (χ1v) is 7.35. The van der Waals surface area contributed by atoms with Crippen LogP contribution in [0, 0.1) is 13.8 Å². The molecule has 0 atom stereocenters. The van der Waals surface area contributed by atoms with Gasteiger partial charge in [-0.1, -0.05) is 15.9 Å². The van der Waals surface area contributed by atoms with E-state index in [4.69, 9.17) is 10.5 Å². The summed E-state index contributed by atoms with van der Waals surface area (Å²) < 4.78 is 9.58. The third-order valence-corrected chi connectivity index (χ3v) is 4.37. The highest BCUT2D eigenvalue weighted by Gasteiger charge is 2.13. The van der Waals surface area contributed by atoms with Crippen LogP contribution in [0.1, 0.15) is 17.0 Å². The molecule has 2 rings (SSSR count). The fourth-order valence-corrected chi connectivity index (χ4v) is 2.97. The number of ether oxygens (including phenoxy) is 1. The third-order valence-electron chi connectivity index (χ3n) is 2.88. The van der Waals surface area contributed by atoms with E-state index in [1.165, 1.54) is 0 Å². The maximum absolute atomic E-state index is 5.98. The molecule has 6 heteroatoms. The van der Waals surface area contributed by atoms with Crippen LogP contribution in [0.5, 0.6) is 5.75 Å². The summed E-state index contributed by atoms with van der Waals surface area (Å²) in [4.78, 5) is 0. The zero-order chi connectivity index (χ0) is 14.2. The van der Waals surface area contributed by atoms with Crippen molar-refractivity contribution in [2.75, 3.05) is 5.73 Å². The highest BCUT2D eigenvalue weighted by atomic mass is 79.9. The Morgan fingerprint density at radius 2 is 2.00 bits per heavy atom. The number of nitrogen functional groups attached to an aromatic ring is 1. The molecule has 0 aliphatic carbocycles. The summed E-state index contributed by atoms with van der Waals surface area (Å²) in [6.07, 6.45) is 0. The lowest BCUT2D eigenvalue weighted by Crippen LogP contribution is -2.06. The smallest absolute Gasteiger partial charge is 0.145 e. The molecule has 0 aliphatic rings. The number of aryl methyl sites for hydroxylation is 3. The van der Waals surface area contributed by atoms with Crippen LogP contribution in [-0.4, -0.2) is 9.78 Å². The number of nitrogens with two attached hydrogens (primary N) is 1. The first-order chi connectivity index (χ1) is 8.90. The fraction of sp³-hybridized carbons (Fsp3) is 0.308. The van der Waals surface area contributed by atoms with Gasteiger partial charge >= 0.3 is 0 Å². The van der Waals surface area contributed by atoms with Gasteiger partial charge in [-0.05, 0) is 47.5 Å². The van der Waals surface area contributed by atoms with Gasteiger partial charge in [0.05, 0.1) is 21.5 Å². The summed E-state index contributed by atoms with van der Waals surface area (Å²) in [5, 5.41) is 4.33. The summed E-state index contributed by atoms with van der Waals surface area (Å²) in [7, 11) is 1.90. The SMILES string of the molecule is Cc1cc(Br)cc(N)c1OCc1c(Br)c(C)nn1C. The maximum atomic E-state index is 5.98. The Hall–Kier alpha value is -1.01. The molecule has 0 fully saturated rings. The number of benzene rings is 1. The molecule has 0 saturated heterocycles. The van der Waals surface area contributed by atoms with Gasteiger partial charge in [0.2, 0.25) is 0 Å². The van der Waals surface area contributed by atoms with E-state index in [1.807, 2.05) is 37.7 Å². The van der Waals surface area contributed by atoms with Gasteiger partial charge in [0.25, 0.3) is 0 Å². The highest BCUT2D eigenvalue weighted by Crippen LogP contribution is 2.31. The molecule has 2 N–H and O–H groups in total. The Morgan fingerprint density at radius 3 is 2.53 bits per heavy atom. The minimum Gasteiger partial charge on any atom is -0.485 e. The van der Waals surface area contributed by atoms with E-state index in [9.17, 15) is 0 Å². The van der Waals surface area contributed by atoms with Crippen LogP contribution < -0.4 is 10.5 Å². The summed E-state index contributed by atoms with van der Waals surface area (Å²) in [5.74, 6) is 0.717. The normalized spacial score (nSPS) is 10.8. The van der Waals surface area contributed by atoms with E-state index in [0.717, 1.165) is 25.9 Å². The molecule has 0 aliphatic heterocycles. The van der Waals surface area contributed by atoms with E-state index in [0.29, 0.717) is 18.0 Å². The molecule has 0 spiro atoms. The minimum absolute atomic E-state index is 0.421. The Labute approximate surface area is 129 Å². The monoisotopic (exact) mass is 387 g/mol. The van der Waals surface area contributed by atoms with Crippen LogP contribution in [0.2, 0.25) is 0 Å². The molecule has 0 radical (unpaired) electrons. The molecule has 4 nitrogen and oxygen atoms in total. The Morgan fingerprint density at radius 1 is 1.32 bits per heavy atom. The number of aromatic nitrogens is 2. The van der Waals surface area contributed by atoms with Crippen LogP contribution >= 0.6 is 31.9 Å². The molecule has 1 heterocycles. The van der Waals surface area contributed by atoms with Gasteiger partial charge in [0.15, 0.2) is 0 Å². The predicted molar refractivity (Wildman–Crippen MR) is 83.3 cm³/mol. The molecular weight excluding hydrogens is 374 g/mol. The fourth-order valence-electron chi connectivity index (χ4n) is 1.93. The Balaban J connectivity index is 2.24. The quantitative estimate of drug-likeness (QED) is 0.815. The molecule has 1 aromatic heterocycles. The van der Waals surface area contributed by atoms with Crippen molar-refractivity contribution in [2.45, 2.75) is 20.5 Å². The summed E-state index contributed by atoms with van der Waals surface area (Å²) in [6, 6.07) is 3.82. The lowest BCUT2D eigenvalue weighted by Gasteiger charge is -2.12. The number of anilines is 1. The zero-order valence-corrected chi connectivity index (χ0v) is 14.2. The first-order valence-electron chi connectivity index (χ1n) is 5.76. The van der Waals surface area contributed by atoms with Gasteiger partial charge in [-0.3, -0.25) is 4.68 Å². The van der Waals surface area contributed by atoms with Crippen molar-refractivity contribution in [2.24, 2.45) is 7.05 Å². The summed E-state index contributed by atoms with van der Waals surface area (Å²) in [5.41, 5.74) is 9.54. The first kappa shape index (κ1) is 14.4. The molecule has 19 heavy (non-hydrogen) atoms. The van der Waals surface area contributed by atoms with Gasteiger partial charge in [0.1, 0.15) is 12.4 Å². The van der Waals surface area contributed by atoms with Gasteiger partial charge in [0, 0.05) is 11.5 Å². The third kappa shape index (κ3) is 2.95. The number of hydrogen-bond donors (Lipinski definition) is 1. The minimum atomic E-state index is 0.421. The van der Waals surface area contributed by atoms with Crippen molar-refractivity contribution in [3.8, 4) is 5.75 Å². The second-order valence-corrected chi connectivity index (χ2v) is 6.11. The average molecular weight is 389 g/mol. The largest absolute Gasteiger partial charge is 0.485 e. The van der Waals surface area contributed by atoms with Gasteiger partial charge in [-0.15, -0.1) is 0 Å². The molecule has 1 aromatic carbocycles. The molecule has 0 saturated carbocycles. The topological polar surface area (TPSA) is 53.1 Å². The Bertz CT molecular complexity index is 600. The van der Waals surface area contributed by atoms with E-state index in [-0.39, 0.29) is 0 Å².